The van der Waals surface area contributed by atoms with Crippen LogP contribution in [0.15, 0.2) is 0 Å². The molecular formula is C28H60. The van der Waals surface area contributed by atoms with Crippen molar-refractivity contribution in [1.29, 1.82) is 0 Å². The van der Waals surface area contributed by atoms with Gasteiger partial charge in [0.1, 0.15) is 0 Å². The molecule has 0 spiro atoms. The summed E-state index contributed by atoms with van der Waals surface area (Å²) in [4.78, 5) is 0. The molecule has 0 bridgehead atoms. The fourth-order valence-electron chi connectivity index (χ4n) is 4.21. The molecule has 0 aromatic heterocycles. The maximum absolute atomic E-state index is 2.30. The average Bonchev–Trinajstić information content (AvgIpc) is 2.68. The largest absolute Gasteiger partial charge is 0.0776 e. The summed E-state index contributed by atoms with van der Waals surface area (Å²) >= 11 is 0. The van der Waals surface area contributed by atoms with Gasteiger partial charge in [0, 0.05) is 0 Å². The summed E-state index contributed by atoms with van der Waals surface area (Å²) in [7, 11) is 0. The molecule has 0 saturated heterocycles. The highest BCUT2D eigenvalue weighted by atomic mass is 14.0. The topological polar surface area (TPSA) is 0 Å². The van der Waals surface area contributed by atoms with Crippen LogP contribution < -0.4 is 0 Å². The Bertz CT molecular complexity index is 208. The fourth-order valence-corrected chi connectivity index (χ4v) is 4.21. The number of hydrogen-bond donors (Lipinski definition) is 0. The number of hydrogen-bond acceptors (Lipinski definition) is 0. The predicted molar refractivity (Wildman–Crippen MR) is 134 cm³/mol. The quantitative estimate of drug-likeness (QED) is 0.142. The van der Waals surface area contributed by atoms with Gasteiger partial charge in [0.25, 0.3) is 0 Å². The van der Waals surface area contributed by atoms with E-state index in [1.165, 1.54) is 161 Å². The summed E-state index contributed by atoms with van der Waals surface area (Å²) in [6.45, 7) is 4.61. The smallest absolute Gasteiger partial charge is 0.0533 e. The van der Waals surface area contributed by atoms with Crippen LogP contribution in [0, 0.1) is 0 Å². The van der Waals surface area contributed by atoms with E-state index in [1.807, 2.05) is 0 Å². The molecule has 0 amide bonds. The Kier molecular flexibility index (Phi) is 31.5. The summed E-state index contributed by atoms with van der Waals surface area (Å²) in [5.41, 5.74) is 0. The summed E-state index contributed by atoms with van der Waals surface area (Å²) in [6, 6.07) is 0. The van der Waals surface area contributed by atoms with Crippen molar-refractivity contribution < 1.29 is 0 Å². The molecule has 0 saturated carbocycles. The van der Waals surface area contributed by atoms with E-state index in [4.69, 9.17) is 0 Å². The first-order valence-electron chi connectivity index (χ1n) is 13.4. The maximum Gasteiger partial charge on any atom is -0.0533 e. The normalized spacial score (nSPS) is 10.9. The van der Waals surface area contributed by atoms with Gasteiger partial charge in [-0.1, -0.05) is 182 Å². The zero-order valence-corrected chi connectivity index (χ0v) is 19.7. The van der Waals surface area contributed by atoms with Crippen molar-refractivity contribution in [2.45, 2.75) is 182 Å². The van der Waals surface area contributed by atoms with E-state index in [2.05, 4.69) is 13.8 Å². The molecule has 0 N–H and O–H groups in total. The summed E-state index contributed by atoms with van der Waals surface area (Å²) < 4.78 is 0. The lowest BCUT2D eigenvalue weighted by Crippen LogP contribution is -1.84. The predicted octanol–water partition coefficient (Wildman–Crippen LogP) is 11.4. The maximum atomic E-state index is 2.30. The van der Waals surface area contributed by atoms with E-state index in [0.717, 1.165) is 0 Å². The van der Waals surface area contributed by atoms with Crippen LogP contribution in [0.2, 0.25) is 0 Å². The van der Waals surface area contributed by atoms with Gasteiger partial charge in [-0.3, -0.25) is 0 Å². The molecule has 172 valence electrons. The van der Waals surface area contributed by atoms with Crippen molar-refractivity contribution in [2.75, 3.05) is 0 Å². The summed E-state index contributed by atoms with van der Waals surface area (Å²) in [6.07, 6.45) is 36.9. The van der Waals surface area contributed by atoms with Gasteiger partial charge in [0.05, 0.1) is 0 Å². The van der Waals surface area contributed by atoms with Crippen molar-refractivity contribution in [3.63, 3.8) is 0 Å². The lowest BCUT2D eigenvalue weighted by Gasteiger charge is -2.04. The molecule has 0 unspecified atom stereocenters. The molecule has 0 radical (unpaired) electrons. The molecule has 0 aliphatic rings. The van der Waals surface area contributed by atoms with Gasteiger partial charge in [0.15, 0.2) is 0 Å². The van der Waals surface area contributed by atoms with Gasteiger partial charge < -0.3 is 0 Å². The zero-order chi connectivity index (χ0) is 19.7. The van der Waals surface area contributed by atoms with Crippen LogP contribution in [0.1, 0.15) is 182 Å². The van der Waals surface area contributed by atoms with Gasteiger partial charge in [-0.15, -0.1) is 0 Å². The van der Waals surface area contributed by atoms with E-state index in [1.54, 1.807) is 0 Å². The van der Waals surface area contributed by atoms with Crippen LogP contribution in [-0.4, -0.2) is 0 Å². The second-order valence-corrected chi connectivity index (χ2v) is 9.13. The Morgan fingerprint density at radius 2 is 0.321 bits per heavy atom. The third kappa shape index (κ3) is 28.2. The summed E-state index contributed by atoms with van der Waals surface area (Å²) in [5, 5.41) is 0. The highest BCUT2D eigenvalue weighted by molar-refractivity contribution is 4.51. The molecule has 0 heteroatoms. The van der Waals surface area contributed by atoms with Crippen LogP contribution >= 0.6 is 0 Å². The Hall–Kier alpha value is 0. The molecule has 0 nitrogen and oxygen atoms in total. The first-order chi connectivity index (χ1) is 13.4. The van der Waals surface area contributed by atoms with Gasteiger partial charge in [-0.05, 0) is 0 Å². The van der Waals surface area contributed by atoms with Crippen LogP contribution in [-0.2, 0) is 0 Å². The highest BCUT2D eigenvalue weighted by Gasteiger charge is 1.95. The Morgan fingerprint density at radius 1 is 0.214 bits per heavy atom. The van der Waals surface area contributed by atoms with Gasteiger partial charge >= 0.3 is 0 Å². The summed E-state index contributed by atoms with van der Waals surface area (Å²) in [5.74, 6) is 0. The molecular weight excluding hydrogens is 336 g/mol. The Balaban J connectivity index is 0. The monoisotopic (exact) mass is 396 g/mol. The number of rotatable bonds is 24. The highest BCUT2D eigenvalue weighted by Crippen LogP contribution is 2.15. The first kappa shape index (κ1) is 30.2. The second-order valence-electron chi connectivity index (χ2n) is 9.13. The van der Waals surface area contributed by atoms with Crippen molar-refractivity contribution >= 4 is 0 Å². The van der Waals surface area contributed by atoms with Gasteiger partial charge in [-0.25, -0.2) is 0 Å². The van der Waals surface area contributed by atoms with Crippen molar-refractivity contribution in [1.82, 2.24) is 0 Å². The van der Waals surface area contributed by atoms with Crippen molar-refractivity contribution in [2.24, 2.45) is 0 Å². The van der Waals surface area contributed by atoms with Gasteiger partial charge in [0.2, 0.25) is 0 Å². The van der Waals surface area contributed by atoms with E-state index in [0.29, 0.717) is 0 Å². The molecule has 0 aromatic carbocycles. The standard InChI is InChI=1S/C27H56.CH4/c1-3-5-7-9-11-13-15-17-19-21-23-25-27-26-24-22-20-18-16-14-12-10-8-6-4-2;/h3-27H2,1-2H3;1H4. The minimum Gasteiger partial charge on any atom is -0.0776 e. The minimum atomic E-state index is 0. The molecule has 28 heavy (non-hydrogen) atoms. The van der Waals surface area contributed by atoms with Gasteiger partial charge in [-0.2, -0.15) is 0 Å². The van der Waals surface area contributed by atoms with E-state index in [9.17, 15) is 0 Å². The van der Waals surface area contributed by atoms with Crippen molar-refractivity contribution in [3.8, 4) is 0 Å². The van der Waals surface area contributed by atoms with Crippen molar-refractivity contribution in [3.05, 3.63) is 0 Å². The molecule has 0 aromatic rings. The van der Waals surface area contributed by atoms with Crippen LogP contribution in [0.25, 0.3) is 0 Å². The molecule has 0 heterocycles. The second kappa shape index (κ2) is 29.2. The third-order valence-electron chi connectivity index (χ3n) is 6.21. The first-order valence-corrected chi connectivity index (χ1v) is 13.4. The van der Waals surface area contributed by atoms with E-state index >= 15 is 0 Å². The Morgan fingerprint density at radius 3 is 0.429 bits per heavy atom. The zero-order valence-electron chi connectivity index (χ0n) is 19.7. The third-order valence-corrected chi connectivity index (χ3v) is 6.21. The van der Waals surface area contributed by atoms with Crippen LogP contribution in [0.4, 0.5) is 0 Å². The molecule has 0 fully saturated rings. The van der Waals surface area contributed by atoms with E-state index < -0.39 is 0 Å². The Labute approximate surface area is 182 Å². The lowest BCUT2D eigenvalue weighted by molar-refractivity contribution is 0.517. The van der Waals surface area contributed by atoms with Crippen LogP contribution in [0.3, 0.4) is 0 Å². The van der Waals surface area contributed by atoms with E-state index in [-0.39, 0.29) is 7.43 Å². The minimum absolute atomic E-state index is 0. The SMILES string of the molecule is C.CCCCCCCCCCCCCCCCCCCCCCCCCCC. The number of unbranched alkanes of at least 4 members (excludes halogenated alkanes) is 24. The molecule has 0 atom stereocenters. The average molecular weight is 397 g/mol. The lowest BCUT2D eigenvalue weighted by atomic mass is 10.0. The van der Waals surface area contributed by atoms with Crippen LogP contribution in [0.5, 0.6) is 0 Å². The molecule has 0 aliphatic carbocycles. The molecule has 0 aliphatic heterocycles. The fraction of sp³-hybridized carbons (Fsp3) is 1.00. The molecule has 0 rings (SSSR count).